The predicted molar refractivity (Wildman–Crippen MR) is 83.0 cm³/mol. The number of ether oxygens (including phenoxy) is 1. The maximum Gasteiger partial charge on any atom is 0.232 e. The first kappa shape index (κ1) is 14.0. The van der Waals surface area contributed by atoms with Crippen molar-refractivity contribution in [3.8, 4) is 5.75 Å². The number of nitrogens with zero attached hydrogens (tertiary/aromatic N) is 1. The number of aromatic nitrogens is 2. The zero-order valence-corrected chi connectivity index (χ0v) is 13.0. The van der Waals surface area contributed by atoms with Crippen LogP contribution in [0.5, 0.6) is 5.75 Å². The van der Waals surface area contributed by atoms with Crippen molar-refractivity contribution in [1.29, 1.82) is 0 Å². The number of fused-ring (bicyclic) bond motifs is 1. The Morgan fingerprint density at radius 3 is 2.81 bits per heavy atom. The molecule has 0 atom stereocenters. The summed E-state index contributed by atoms with van der Waals surface area (Å²) in [5, 5.41) is 1.67. The van der Waals surface area contributed by atoms with E-state index in [0.29, 0.717) is 22.6 Å². The highest BCUT2D eigenvalue weighted by molar-refractivity contribution is 6.32. The number of halogens is 1. The SMILES string of the molecule is Cc1cnc(COc2cc3[nH]c(C(C)C)cc3cc2Cl)o1. The quantitative estimate of drug-likeness (QED) is 0.751. The highest BCUT2D eigenvalue weighted by Gasteiger charge is 2.10. The molecule has 2 aromatic heterocycles. The smallest absolute Gasteiger partial charge is 0.232 e. The molecule has 0 spiro atoms. The van der Waals surface area contributed by atoms with Crippen LogP contribution in [0.25, 0.3) is 10.9 Å². The van der Waals surface area contributed by atoms with Gasteiger partial charge in [0.15, 0.2) is 6.61 Å². The molecule has 1 aromatic carbocycles. The van der Waals surface area contributed by atoms with Crippen molar-refractivity contribution in [3.63, 3.8) is 0 Å². The normalized spacial score (nSPS) is 11.5. The number of hydrogen-bond donors (Lipinski definition) is 1. The number of H-pyrrole nitrogens is 1. The van der Waals surface area contributed by atoms with E-state index in [0.717, 1.165) is 16.7 Å². The van der Waals surface area contributed by atoms with Gasteiger partial charge in [-0.15, -0.1) is 0 Å². The molecule has 4 nitrogen and oxygen atoms in total. The van der Waals surface area contributed by atoms with Crippen LogP contribution in [0.1, 0.15) is 37.1 Å². The minimum Gasteiger partial charge on any atom is -0.482 e. The summed E-state index contributed by atoms with van der Waals surface area (Å²) in [7, 11) is 0. The lowest BCUT2D eigenvalue weighted by atomic mass is 10.1. The highest BCUT2D eigenvalue weighted by Crippen LogP contribution is 2.32. The monoisotopic (exact) mass is 304 g/mol. The Labute approximate surface area is 128 Å². The minimum atomic E-state index is 0.261. The van der Waals surface area contributed by atoms with E-state index in [9.17, 15) is 0 Å². The summed E-state index contributed by atoms with van der Waals surface area (Å²) in [6.45, 7) is 6.40. The van der Waals surface area contributed by atoms with Crippen molar-refractivity contribution in [2.24, 2.45) is 0 Å². The van der Waals surface area contributed by atoms with Gasteiger partial charge in [-0.05, 0) is 25.0 Å². The third-order valence-corrected chi connectivity index (χ3v) is 3.63. The maximum atomic E-state index is 6.27. The van der Waals surface area contributed by atoms with Gasteiger partial charge in [0.25, 0.3) is 0 Å². The van der Waals surface area contributed by atoms with Gasteiger partial charge in [-0.25, -0.2) is 4.98 Å². The Kier molecular flexibility index (Phi) is 3.64. The molecule has 0 fully saturated rings. The second-order valence-corrected chi connectivity index (χ2v) is 5.81. The van der Waals surface area contributed by atoms with Crippen molar-refractivity contribution < 1.29 is 9.15 Å². The summed E-state index contributed by atoms with van der Waals surface area (Å²) in [5.41, 5.74) is 2.20. The van der Waals surface area contributed by atoms with E-state index < -0.39 is 0 Å². The molecule has 0 aliphatic heterocycles. The molecule has 5 heteroatoms. The van der Waals surface area contributed by atoms with Crippen molar-refractivity contribution in [1.82, 2.24) is 9.97 Å². The van der Waals surface area contributed by atoms with E-state index in [1.165, 1.54) is 5.69 Å². The van der Waals surface area contributed by atoms with Crippen LogP contribution in [-0.4, -0.2) is 9.97 Å². The number of aromatic amines is 1. The van der Waals surface area contributed by atoms with Gasteiger partial charge in [0.1, 0.15) is 11.5 Å². The minimum absolute atomic E-state index is 0.261. The topological polar surface area (TPSA) is 51.0 Å². The molecule has 0 bridgehead atoms. The molecule has 21 heavy (non-hydrogen) atoms. The second-order valence-electron chi connectivity index (χ2n) is 5.40. The van der Waals surface area contributed by atoms with Crippen molar-refractivity contribution in [3.05, 3.63) is 46.8 Å². The molecule has 110 valence electrons. The van der Waals surface area contributed by atoms with Crippen LogP contribution in [-0.2, 0) is 6.61 Å². The highest BCUT2D eigenvalue weighted by atomic mass is 35.5. The van der Waals surface area contributed by atoms with Crippen molar-refractivity contribution in [2.75, 3.05) is 0 Å². The first-order valence-corrected chi connectivity index (χ1v) is 7.27. The van der Waals surface area contributed by atoms with E-state index in [-0.39, 0.29) is 6.61 Å². The zero-order valence-electron chi connectivity index (χ0n) is 12.2. The lowest BCUT2D eigenvalue weighted by Gasteiger charge is -2.06. The van der Waals surface area contributed by atoms with Gasteiger partial charge in [-0.3, -0.25) is 0 Å². The van der Waals surface area contributed by atoms with Gasteiger partial charge < -0.3 is 14.1 Å². The molecule has 0 saturated heterocycles. The van der Waals surface area contributed by atoms with E-state index in [2.05, 4.69) is 29.9 Å². The van der Waals surface area contributed by atoms with Crippen LogP contribution in [0.3, 0.4) is 0 Å². The Balaban J connectivity index is 1.86. The van der Waals surface area contributed by atoms with Crippen LogP contribution >= 0.6 is 11.6 Å². The maximum absolute atomic E-state index is 6.27. The molecular formula is C16H17ClN2O2. The van der Waals surface area contributed by atoms with Crippen LogP contribution < -0.4 is 4.74 Å². The largest absolute Gasteiger partial charge is 0.482 e. The number of benzene rings is 1. The standard InChI is InChI=1S/C16H17ClN2O2/c1-9(2)13-5-11-4-12(17)15(6-14(11)19-13)20-8-16-18-7-10(3)21-16/h4-7,9,19H,8H2,1-3H3. The fourth-order valence-corrected chi connectivity index (χ4v) is 2.41. The van der Waals surface area contributed by atoms with Gasteiger partial charge >= 0.3 is 0 Å². The third-order valence-electron chi connectivity index (χ3n) is 3.34. The number of hydrogen-bond acceptors (Lipinski definition) is 3. The molecule has 0 unspecified atom stereocenters. The van der Waals surface area contributed by atoms with Crippen molar-refractivity contribution in [2.45, 2.75) is 33.3 Å². The van der Waals surface area contributed by atoms with Crippen LogP contribution in [0.2, 0.25) is 5.02 Å². The molecule has 0 radical (unpaired) electrons. The third kappa shape index (κ3) is 2.90. The van der Waals surface area contributed by atoms with Gasteiger partial charge in [-0.2, -0.15) is 0 Å². The zero-order chi connectivity index (χ0) is 15.0. The molecule has 2 heterocycles. The summed E-state index contributed by atoms with van der Waals surface area (Å²) >= 11 is 6.27. The molecule has 3 rings (SSSR count). The summed E-state index contributed by atoms with van der Waals surface area (Å²) in [6, 6.07) is 5.95. The van der Waals surface area contributed by atoms with Gasteiger partial charge in [0.2, 0.25) is 5.89 Å². The van der Waals surface area contributed by atoms with Crippen molar-refractivity contribution >= 4 is 22.5 Å². The fraction of sp³-hybridized carbons (Fsp3) is 0.312. The summed E-state index contributed by atoms with van der Waals surface area (Å²) in [6.07, 6.45) is 1.67. The summed E-state index contributed by atoms with van der Waals surface area (Å²) in [5.74, 6) is 2.37. The van der Waals surface area contributed by atoms with E-state index >= 15 is 0 Å². The Bertz CT molecular complexity index is 774. The molecule has 0 aliphatic rings. The summed E-state index contributed by atoms with van der Waals surface area (Å²) in [4.78, 5) is 7.49. The lowest BCUT2D eigenvalue weighted by Crippen LogP contribution is -1.96. The molecule has 0 aliphatic carbocycles. The number of rotatable bonds is 4. The second kappa shape index (κ2) is 5.45. The number of oxazole rings is 1. The molecule has 0 saturated carbocycles. The summed E-state index contributed by atoms with van der Waals surface area (Å²) < 4.78 is 11.1. The van der Waals surface area contributed by atoms with Crippen LogP contribution in [0, 0.1) is 6.92 Å². The average Bonchev–Trinajstić information content (AvgIpc) is 3.02. The van der Waals surface area contributed by atoms with E-state index in [4.69, 9.17) is 20.8 Å². The number of aryl methyl sites for hydroxylation is 1. The van der Waals surface area contributed by atoms with Gasteiger partial charge in [-0.1, -0.05) is 25.4 Å². The van der Waals surface area contributed by atoms with E-state index in [1.807, 2.05) is 19.1 Å². The average molecular weight is 305 g/mol. The Morgan fingerprint density at radius 1 is 1.33 bits per heavy atom. The fourth-order valence-electron chi connectivity index (χ4n) is 2.18. The predicted octanol–water partition coefficient (Wildman–Crippen LogP) is 4.82. The lowest BCUT2D eigenvalue weighted by molar-refractivity contribution is 0.261. The van der Waals surface area contributed by atoms with Crippen LogP contribution in [0.15, 0.2) is 28.8 Å². The molecule has 1 N–H and O–H groups in total. The van der Waals surface area contributed by atoms with Gasteiger partial charge in [0, 0.05) is 22.7 Å². The van der Waals surface area contributed by atoms with Crippen LogP contribution in [0.4, 0.5) is 0 Å². The van der Waals surface area contributed by atoms with Gasteiger partial charge in [0.05, 0.1) is 11.2 Å². The van der Waals surface area contributed by atoms with E-state index in [1.54, 1.807) is 6.20 Å². The molecule has 3 aromatic rings. The first-order chi connectivity index (χ1) is 10.0. The molecular weight excluding hydrogens is 288 g/mol. The Hall–Kier alpha value is -1.94. The Morgan fingerprint density at radius 2 is 2.14 bits per heavy atom. The molecule has 0 amide bonds. The number of nitrogens with one attached hydrogen (secondary N) is 1. The first-order valence-electron chi connectivity index (χ1n) is 6.89.